The number of guanidine groups is 1. The second-order valence-corrected chi connectivity index (χ2v) is 5.57. The molecule has 0 spiro atoms. The average Bonchev–Trinajstić information content (AvgIpc) is 2.98. The number of aromatic nitrogens is 2. The highest BCUT2D eigenvalue weighted by Gasteiger charge is 2.25. The number of ether oxygens (including phenoxy) is 1. The topological polar surface area (TPSA) is 113 Å². The first kappa shape index (κ1) is 19.9. The third kappa shape index (κ3) is 6.97. The fourth-order valence-corrected chi connectivity index (χ4v) is 1.90. The van der Waals surface area contributed by atoms with Crippen LogP contribution in [0.1, 0.15) is 19.4 Å². The quantitative estimate of drug-likeness (QED) is 0.259. The fourth-order valence-electron chi connectivity index (χ4n) is 1.90. The lowest BCUT2D eigenvalue weighted by molar-refractivity contribution is -0.119. The third-order valence-electron chi connectivity index (χ3n) is 3.28. The molecule has 24 heavy (non-hydrogen) atoms. The van der Waals surface area contributed by atoms with Gasteiger partial charge in [0.05, 0.1) is 19.3 Å². The molecular formula is C15H28N6O3. The highest BCUT2D eigenvalue weighted by atomic mass is 16.5. The molecule has 1 aromatic rings. The van der Waals surface area contributed by atoms with E-state index < -0.39 is 5.60 Å². The van der Waals surface area contributed by atoms with Gasteiger partial charge in [0.25, 0.3) is 0 Å². The molecule has 0 bridgehead atoms. The highest BCUT2D eigenvalue weighted by Crippen LogP contribution is 2.18. The van der Waals surface area contributed by atoms with Crippen LogP contribution in [0, 0.1) is 0 Å². The van der Waals surface area contributed by atoms with Crippen molar-refractivity contribution >= 4 is 11.9 Å². The van der Waals surface area contributed by atoms with Crippen LogP contribution in [0.4, 0.5) is 0 Å². The summed E-state index contributed by atoms with van der Waals surface area (Å²) < 4.78 is 6.50. The molecule has 9 nitrogen and oxygen atoms in total. The number of aliphatic imine (C=N–C) groups is 1. The van der Waals surface area contributed by atoms with Crippen molar-refractivity contribution in [2.45, 2.75) is 19.4 Å². The van der Waals surface area contributed by atoms with Gasteiger partial charge < -0.3 is 25.8 Å². The van der Waals surface area contributed by atoms with E-state index in [1.54, 1.807) is 38.2 Å². The number of methoxy groups -OCH3 is 1. The van der Waals surface area contributed by atoms with E-state index in [-0.39, 0.29) is 19.0 Å². The predicted molar refractivity (Wildman–Crippen MR) is 91.6 cm³/mol. The van der Waals surface area contributed by atoms with Gasteiger partial charge in [0.2, 0.25) is 5.91 Å². The molecular weight excluding hydrogens is 312 g/mol. The molecule has 1 atom stereocenters. The first-order valence-corrected chi connectivity index (χ1v) is 7.88. The maximum absolute atomic E-state index is 11.7. The summed E-state index contributed by atoms with van der Waals surface area (Å²) in [5.74, 6) is 0.270. The Morgan fingerprint density at radius 2 is 2.21 bits per heavy atom. The van der Waals surface area contributed by atoms with E-state index in [1.807, 2.05) is 6.92 Å². The molecule has 1 rings (SSSR count). The number of aliphatic hydroxyl groups is 1. The average molecular weight is 340 g/mol. The number of carbonyl (C=O) groups excluding carboxylic acids is 1. The van der Waals surface area contributed by atoms with Crippen LogP contribution in [0.2, 0.25) is 0 Å². The smallest absolute Gasteiger partial charge is 0.241 e. The normalized spacial score (nSPS) is 14.1. The summed E-state index contributed by atoms with van der Waals surface area (Å²) in [5, 5.41) is 23.4. The summed E-state index contributed by atoms with van der Waals surface area (Å²) in [6.45, 7) is 5.40. The predicted octanol–water partition coefficient (Wildman–Crippen LogP) is -1.05. The summed E-state index contributed by atoms with van der Waals surface area (Å²) in [6.07, 6.45) is 3.38. The Morgan fingerprint density at radius 1 is 1.46 bits per heavy atom. The monoisotopic (exact) mass is 340 g/mol. The molecule has 1 aromatic heterocycles. The zero-order chi connectivity index (χ0) is 18.0. The zero-order valence-corrected chi connectivity index (χ0v) is 14.8. The number of hydrogen-bond donors (Lipinski definition) is 4. The second kappa shape index (κ2) is 9.89. The maximum Gasteiger partial charge on any atom is 0.241 e. The molecule has 0 fully saturated rings. The van der Waals surface area contributed by atoms with E-state index in [0.717, 1.165) is 0 Å². The molecule has 1 heterocycles. The Kier molecular flexibility index (Phi) is 8.20. The Hall–Kier alpha value is -2.13. The van der Waals surface area contributed by atoms with Crippen LogP contribution in [0.3, 0.4) is 0 Å². The zero-order valence-electron chi connectivity index (χ0n) is 14.8. The van der Waals surface area contributed by atoms with Crippen molar-refractivity contribution in [3.8, 4) is 0 Å². The second-order valence-electron chi connectivity index (χ2n) is 5.57. The molecule has 0 saturated heterocycles. The van der Waals surface area contributed by atoms with E-state index >= 15 is 0 Å². The van der Waals surface area contributed by atoms with Crippen LogP contribution in [0.25, 0.3) is 0 Å². The Bertz CT molecular complexity index is 541. The molecule has 9 heteroatoms. The number of nitrogens with zero attached hydrogens (tertiary/aromatic N) is 3. The minimum Gasteiger partial charge on any atom is -0.383 e. The number of amides is 1. The SMILES string of the molecule is CCNC(=NCC(=O)NCCOC)NCC(C)(O)c1cnn(C)c1. The van der Waals surface area contributed by atoms with Gasteiger partial charge in [-0.05, 0) is 13.8 Å². The minimum atomic E-state index is -1.11. The van der Waals surface area contributed by atoms with Gasteiger partial charge in [0.15, 0.2) is 5.96 Å². The lowest BCUT2D eigenvalue weighted by atomic mass is 10.00. The molecule has 1 unspecified atom stereocenters. The molecule has 1 amide bonds. The largest absolute Gasteiger partial charge is 0.383 e. The first-order valence-electron chi connectivity index (χ1n) is 7.88. The molecule has 0 radical (unpaired) electrons. The Balaban J connectivity index is 2.55. The molecule has 0 saturated carbocycles. The summed E-state index contributed by atoms with van der Waals surface area (Å²) in [6, 6.07) is 0. The standard InChI is InChI=1S/C15H28N6O3/c1-5-16-14(18-9-13(22)17-6-7-24-4)19-11-15(2,23)12-8-20-21(3)10-12/h8,10,23H,5-7,9,11H2,1-4H3,(H,17,22)(H2,16,18,19). The van der Waals surface area contributed by atoms with Crippen LogP contribution in [-0.4, -0.2) is 66.6 Å². The first-order chi connectivity index (χ1) is 11.4. The summed E-state index contributed by atoms with van der Waals surface area (Å²) >= 11 is 0. The fraction of sp³-hybridized carbons (Fsp3) is 0.667. The minimum absolute atomic E-state index is 0.00587. The van der Waals surface area contributed by atoms with Gasteiger partial charge in [-0.15, -0.1) is 0 Å². The maximum atomic E-state index is 11.7. The van der Waals surface area contributed by atoms with E-state index in [0.29, 0.717) is 31.2 Å². The van der Waals surface area contributed by atoms with Crippen LogP contribution in [-0.2, 0) is 22.2 Å². The number of hydrogen-bond acceptors (Lipinski definition) is 5. The molecule has 0 aromatic carbocycles. The number of nitrogens with one attached hydrogen (secondary N) is 3. The van der Waals surface area contributed by atoms with Gasteiger partial charge in [-0.3, -0.25) is 9.48 Å². The van der Waals surface area contributed by atoms with Gasteiger partial charge in [-0.2, -0.15) is 5.10 Å². The van der Waals surface area contributed by atoms with Crippen molar-refractivity contribution in [2.75, 3.05) is 39.9 Å². The molecule has 0 aliphatic heterocycles. The van der Waals surface area contributed by atoms with Crippen molar-refractivity contribution in [3.63, 3.8) is 0 Å². The van der Waals surface area contributed by atoms with Gasteiger partial charge in [-0.25, -0.2) is 4.99 Å². The molecule has 4 N–H and O–H groups in total. The lowest BCUT2D eigenvalue weighted by Gasteiger charge is -2.23. The van der Waals surface area contributed by atoms with Crippen molar-refractivity contribution in [2.24, 2.45) is 12.0 Å². The van der Waals surface area contributed by atoms with Gasteiger partial charge in [0, 0.05) is 39.0 Å². The van der Waals surface area contributed by atoms with Crippen molar-refractivity contribution in [3.05, 3.63) is 18.0 Å². The molecule has 0 aliphatic carbocycles. The van der Waals surface area contributed by atoms with Crippen LogP contribution in [0.15, 0.2) is 17.4 Å². The lowest BCUT2D eigenvalue weighted by Crippen LogP contribution is -2.45. The summed E-state index contributed by atoms with van der Waals surface area (Å²) in [4.78, 5) is 15.9. The van der Waals surface area contributed by atoms with Crippen LogP contribution in [0.5, 0.6) is 0 Å². The summed E-state index contributed by atoms with van der Waals surface area (Å²) in [5.41, 5.74) is -0.406. The Labute approximate surface area is 142 Å². The number of rotatable bonds is 9. The molecule has 0 aliphatic rings. The van der Waals surface area contributed by atoms with Crippen molar-refractivity contribution < 1.29 is 14.6 Å². The van der Waals surface area contributed by atoms with E-state index in [4.69, 9.17) is 4.74 Å². The Morgan fingerprint density at radius 3 is 2.79 bits per heavy atom. The number of carbonyl (C=O) groups is 1. The highest BCUT2D eigenvalue weighted by molar-refractivity contribution is 5.84. The van der Waals surface area contributed by atoms with Crippen molar-refractivity contribution in [1.82, 2.24) is 25.7 Å². The van der Waals surface area contributed by atoms with E-state index in [2.05, 4.69) is 26.0 Å². The van der Waals surface area contributed by atoms with Gasteiger partial charge >= 0.3 is 0 Å². The van der Waals surface area contributed by atoms with Crippen LogP contribution < -0.4 is 16.0 Å². The van der Waals surface area contributed by atoms with Crippen molar-refractivity contribution in [1.29, 1.82) is 0 Å². The third-order valence-corrected chi connectivity index (χ3v) is 3.28. The van der Waals surface area contributed by atoms with Gasteiger partial charge in [0.1, 0.15) is 12.1 Å². The summed E-state index contributed by atoms with van der Waals surface area (Å²) in [7, 11) is 3.37. The van der Waals surface area contributed by atoms with E-state index in [9.17, 15) is 9.90 Å². The number of aryl methyl sites for hydroxylation is 1. The molecule has 136 valence electrons. The van der Waals surface area contributed by atoms with Crippen LogP contribution >= 0.6 is 0 Å². The van der Waals surface area contributed by atoms with E-state index in [1.165, 1.54) is 0 Å². The van der Waals surface area contributed by atoms with Gasteiger partial charge in [-0.1, -0.05) is 0 Å².